The van der Waals surface area contributed by atoms with Crippen molar-refractivity contribution in [3.8, 4) is 0 Å². The van der Waals surface area contributed by atoms with Crippen LogP contribution in [-0.4, -0.2) is 35.9 Å². The highest BCUT2D eigenvalue weighted by Crippen LogP contribution is 2.15. The largest absolute Gasteiger partial charge is 0.450 e. The van der Waals surface area contributed by atoms with Gasteiger partial charge in [0.2, 0.25) is 5.76 Å². The predicted molar refractivity (Wildman–Crippen MR) is 81.7 cm³/mol. The summed E-state index contributed by atoms with van der Waals surface area (Å²) in [5.41, 5.74) is 0.578. The van der Waals surface area contributed by atoms with E-state index in [1.165, 1.54) is 6.07 Å². The first kappa shape index (κ1) is 16.1. The number of esters is 1. The number of hydrogen-bond acceptors (Lipinski definition) is 6. The summed E-state index contributed by atoms with van der Waals surface area (Å²) in [6.45, 7) is 1.85. The number of aromatic nitrogens is 1. The number of nitrogens with one attached hydrogen (secondary N) is 1. The van der Waals surface area contributed by atoms with E-state index in [1.807, 2.05) is 30.3 Å². The van der Waals surface area contributed by atoms with Crippen LogP contribution in [0.5, 0.6) is 0 Å². The van der Waals surface area contributed by atoms with Gasteiger partial charge in [-0.3, -0.25) is 4.79 Å². The van der Waals surface area contributed by atoms with E-state index in [1.54, 1.807) is 18.7 Å². The number of nitrogens with zero attached hydrogens (tertiary/aromatic N) is 1. The molecule has 1 heterocycles. The van der Waals surface area contributed by atoms with Gasteiger partial charge in [-0.1, -0.05) is 23.4 Å². The maximum atomic E-state index is 11.6. The van der Waals surface area contributed by atoms with Gasteiger partial charge in [-0.05, 0) is 19.1 Å². The van der Waals surface area contributed by atoms with Gasteiger partial charge in [-0.25, -0.2) is 4.79 Å². The normalized spacial score (nSPS) is 10.2. The molecule has 0 unspecified atom stereocenters. The number of benzene rings is 1. The first-order chi connectivity index (χ1) is 10.6. The molecule has 1 N–H and O–H groups in total. The summed E-state index contributed by atoms with van der Waals surface area (Å²) >= 11 is 1.64. The standard InChI is InChI=1S/C15H16N2O4S/c1-11-9-13(21-17-11)15(19)20-10-14(18)16-7-8-22-12-5-3-2-4-6-12/h2-6,9H,7-8,10H2,1H3,(H,16,18). The van der Waals surface area contributed by atoms with Crippen molar-refractivity contribution in [3.05, 3.63) is 47.9 Å². The van der Waals surface area contributed by atoms with Crippen molar-refractivity contribution >= 4 is 23.6 Å². The van der Waals surface area contributed by atoms with Crippen molar-refractivity contribution in [2.45, 2.75) is 11.8 Å². The molecular weight excluding hydrogens is 304 g/mol. The number of rotatable bonds is 7. The zero-order chi connectivity index (χ0) is 15.8. The van der Waals surface area contributed by atoms with E-state index in [-0.39, 0.29) is 18.3 Å². The summed E-state index contributed by atoms with van der Waals surface area (Å²) in [5, 5.41) is 6.26. The van der Waals surface area contributed by atoms with Gasteiger partial charge in [0.15, 0.2) is 6.61 Å². The van der Waals surface area contributed by atoms with E-state index in [9.17, 15) is 9.59 Å². The van der Waals surface area contributed by atoms with Crippen LogP contribution in [0.1, 0.15) is 16.2 Å². The van der Waals surface area contributed by atoms with Crippen molar-refractivity contribution in [2.75, 3.05) is 18.9 Å². The van der Waals surface area contributed by atoms with Crippen LogP contribution in [0.2, 0.25) is 0 Å². The van der Waals surface area contributed by atoms with E-state index in [0.717, 1.165) is 10.6 Å². The Hall–Kier alpha value is -2.28. The highest BCUT2D eigenvalue weighted by Gasteiger charge is 2.14. The molecule has 6 nitrogen and oxygen atoms in total. The average molecular weight is 320 g/mol. The molecular formula is C15H16N2O4S. The summed E-state index contributed by atoms with van der Waals surface area (Å²) in [7, 11) is 0. The van der Waals surface area contributed by atoms with Crippen molar-refractivity contribution in [1.82, 2.24) is 10.5 Å². The topological polar surface area (TPSA) is 81.4 Å². The maximum Gasteiger partial charge on any atom is 0.377 e. The number of carbonyl (C=O) groups excluding carboxylic acids is 2. The van der Waals surface area contributed by atoms with Crippen LogP contribution in [0.3, 0.4) is 0 Å². The molecule has 0 saturated carbocycles. The van der Waals surface area contributed by atoms with E-state index in [0.29, 0.717) is 12.2 Å². The molecule has 7 heteroatoms. The van der Waals surface area contributed by atoms with Gasteiger partial charge in [-0.15, -0.1) is 11.8 Å². The number of carbonyl (C=O) groups is 2. The van der Waals surface area contributed by atoms with Crippen LogP contribution >= 0.6 is 11.8 Å². The lowest BCUT2D eigenvalue weighted by Crippen LogP contribution is -2.30. The number of thioether (sulfide) groups is 1. The van der Waals surface area contributed by atoms with Gasteiger partial charge in [0.25, 0.3) is 5.91 Å². The molecule has 116 valence electrons. The van der Waals surface area contributed by atoms with Crippen molar-refractivity contribution < 1.29 is 18.8 Å². The molecule has 2 aromatic rings. The minimum absolute atomic E-state index is 0.00932. The molecule has 0 bridgehead atoms. The molecule has 1 amide bonds. The molecule has 0 aliphatic carbocycles. The Morgan fingerprint density at radius 1 is 1.32 bits per heavy atom. The highest BCUT2D eigenvalue weighted by molar-refractivity contribution is 7.99. The zero-order valence-electron chi connectivity index (χ0n) is 12.1. The Balaban J connectivity index is 1.61. The molecule has 0 radical (unpaired) electrons. The van der Waals surface area contributed by atoms with Gasteiger partial charge in [-0.2, -0.15) is 0 Å². The smallest absolute Gasteiger partial charge is 0.377 e. The predicted octanol–water partition coefficient (Wildman–Crippen LogP) is 2.05. The molecule has 1 aromatic carbocycles. The first-order valence-corrected chi connectivity index (χ1v) is 7.68. The van der Waals surface area contributed by atoms with Crippen molar-refractivity contribution in [3.63, 3.8) is 0 Å². The van der Waals surface area contributed by atoms with E-state index < -0.39 is 5.97 Å². The monoisotopic (exact) mass is 320 g/mol. The van der Waals surface area contributed by atoms with Gasteiger partial charge in [0.05, 0.1) is 5.69 Å². The summed E-state index contributed by atoms with van der Waals surface area (Å²) in [5.74, 6) is -0.317. The van der Waals surface area contributed by atoms with Crippen LogP contribution in [0.15, 0.2) is 45.8 Å². The Morgan fingerprint density at radius 2 is 2.09 bits per heavy atom. The Morgan fingerprint density at radius 3 is 2.77 bits per heavy atom. The SMILES string of the molecule is Cc1cc(C(=O)OCC(=O)NCCSc2ccccc2)on1. The summed E-state index contributed by atoms with van der Waals surface area (Å²) in [6, 6.07) is 11.4. The third-order valence-corrected chi connectivity index (χ3v) is 3.61. The average Bonchev–Trinajstić information content (AvgIpc) is 2.97. The molecule has 22 heavy (non-hydrogen) atoms. The molecule has 0 atom stereocenters. The molecule has 0 saturated heterocycles. The lowest BCUT2D eigenvalue weighted by Gasteiger charge is -2.05. The van der Waals surface area contributed by atoms with Crippen LogP contribution in [0, 0.1) is 6.92 Å². The number of amides is 1. The van der Waals surface area contributed by atoms with E-state index in [2.05, 4.69) is 10.5 Å². The van der Waals surface area contributed by atoms with Crippen LogP contribution < -0.4 is 5.32 Å². The molecule has 0 fully saturated rings. The van der Waals surface area contributed by atoms with Gasteiger partial charge in [0, 0.05) is 23.3 Å². The summed E-state index contributed by atoms with van der Waals surface area (Å²) in [6.07, 6.45) is 0. The highest BCUT2D eigenvalue weighted by atomic mass is 32.2. The van der Waals surface area contributed by atoms with Crippen molar-refractivity contribution in [1.29, 1.82) is 0 Å². The van der Waals surface area contributed by atoms with Gasteiger partial charge in [0.1, 0.15) is 0 Å². The lowest BCUT2D eigenvalue weighted by atomic mass is 10.4. The lowest BCUT2D eigenvalue weighted by molar-refractivity contribution is -0.124. The minimum Gasteiger partial charge on any atom is -0.450 e. The van der Waals surface area contributed by atoms with E-state index >= 15 is 0 Å². The van der Waals surface area contributed by atoms with Gasteiger partial charge < -0.3 is 14.6 Å². The van der Waals surface area contributed by atoms with Crippen LogP contribution in [-0.2, 0) is 9.53 Å². The molecule has 0 aliphatic heterocycles. The number of aryl methyl sites for hydroxylation is 1. The molecule has 0 aliphatic rings. The second-order valence-corrected chi connectivity index (χ2v) is 5.59. The molecule has 1 aromatic heterocycles. The third-order valence-electron chi connectivity index (χ3n) is 2.60. The summed E-state index contributed by atoms with van der Waals surface area (Å²) in [4.78, 5) is 24.2. The van der Waals surface area contributed by atoms with Crippen LogP contribution in [0.25, 0.3) is 0 Å². The molecule has 0 spiro atoms. The van der Waals surface area contributed by atoms with Gasteiger partial charge >= 0.3 is 5.97 Å². The quantitative estimate of drug-likeness (QED) is 0.478. The minimum atomic E-state index is -0.700. The maximum absolute atomic E-state index is 11.6. The Labute approximate surface area is 132 Å². The fourth-order valence-corrected chi connectivity index (χ4v) is 2.38. The number of hydrogen-bond donors (Lipinski definition) is 1. The third kappa shape index (κ3) is 5.25. The van der Waals surface area contributed by atoms with E-state index in [4.69, 9.17) is 9.26 Å². The Bertz CT molecular complexity index is 627. The number of ether oxygens (including phenoxy) is 1. The second-order valence-electron chi connectivity index (χ2n) is 4.42. The summed E-state index contributed by atoms with van der Waals surface area (Å²) < 4.78 is 9.57. The Kier molecular flexibility index (Phi) is 6.02. The fourth-order valence-electron chi connectivity index (χ4n) is 1.59. The first-order valence-electron chi connectivity index (χ1n) is 6.70. The second kappa shape index (κ2) is 8.23. The van der Waals surface area contributed by atoms with Crippen LogP contribution in [0.4, 0.5) is 0 Å². The fraction of sp³-hybridized carbons (Fsp3) is 0.267. The zero-order valence-corrected chi connectivity index (χ0v) is 12.9. The van der Waals surface area contributed by atoms with Crippen molar-refractivity contribution in [2.24, 2.45) is 0 Å². The molecule has 2 rings (SSSR count).